The van der Waals surface area contributed by atoms with E-state index in [9.17, 15) is 9.59 Å². The van der Waals surface area contributed by atoms with E-state index in [0.29, 0.717) is 61.0 Å². The molecule has 5 rings (SSSR count). The van der Waals surface area contributed by atoms with Gasteiger partial charge in [-0.1, -0.05) is 6.42 Å². The minimum Gasteiger partial charge on any atom is -0.490 e. The van der Waals surface area contributed by atoms with Crippen LogP contribution in [-0.4, -0.2) is 82.8 Å². The van der Waals surface area contributed by atoms with Gasteiger partial charge in [0.15, 0.2) is 11.6 Å². The highest BCUT2D eigenvalue weighted by molar-refractivity contribution is 5.91. The number of hydrogen-bond donors (Lipinski definition) is 2. The van der Waals surface area contributed by atoms with Gasteiger partial charge in [-0.3, -0.25) is 19.6 Å². The van der Waals surface area contributed by atoms with E-state index >= 15 is 0 Å². The van der Waals surface area contributed by atoms with Gasteiger partial charge < -0.3 is 29.6 Å². The molecule has 0 unspecified atom stereocenters. The average Bonchev–Trinajstić information content (AvgIpc) is 3.11. The normalized spacial score (nSPS) is 15.8. The molecule has 252 valence electrons. The van der Waals surface area contributed by atoms with Crippen molar-refractivity contribution in [1.82, 2.24) is 30.4 Å². The summed E-state index contributed by atoms with van der Waals surface area (Å²) < 4.78 is 20.9. The number of carbonyl (C=O) groups excluding carboxylic acids is 2. The molecular formula is C34H40N8O6. The molecule has 14 heteroatoms. The molecule has 0 saturated heterocycles. The first-order valence-electron chi connectivity index (χ1n) is 15.9. The minimum atomic E-state index is -0.233. The number of amides is 2. The van der Waals surface area contributed by atoms with E-state index in [0.717, 1.165) is 37.1 Å². The summed E-state index contributed by atoms with van der Waals surface area (Å²) >= 11 is 0. The fourth-order valence-corrected chi connectivity index (χ4v) is 5.37. The third-order valence-electron chi connectivity index (χ3n) is 7.81. The van der Waals surface area contributed by atoms with Crippen LogP contribution in [0.3, 0.4) is 0 Å². The van der Waals surface area contributed by atoms with Crippen LogP contribution in [-0.2, 0) is 31.9 Å². The molecule has 1 fully saturated rings. The molecule has 4 aromatic rings. The van der Waals surface area contributed by atoms with Gasteiger partial charge in [0.05, 0.1) is 49.8 Å². The lowest BCUT2D eigenvalue weighted by atomic mass is 9.78. The number of ether oxygens (including phenoxy) is 4. The van der Waals surface area contributed by atoms with Crippen LogP contribution in [0.1, 0.15) is 60.3 Å². The highest BCUT2D eigenvalue weighted by Crippen LogP contribution is 2.40. The third kappa shape index (κ3) is 10.5. The minimum absolute atomic E-state index is 0.104. The number of carbonyl (C=O) groups is 2. The van der Waals surface area contributed by atoms with Gasteiger partial charge in [0.1, 0.15) is 24.7 Å². The lowest BCUT2D eigenvalue weighted by Gasteiger charge is -2.28. The predicted molar refractivity (Wildman–Crippen MR) is 176 cm³/mol. The fraction of sp³-hybridized carbons (Fsp3) is 0.412. The molecule has 0 spiro atoms. The summed E-state index contributed by atoms with van der Waals surface area (Å²) in [6, 6.07) is 14.5. The Morgan fingerprint density at radius 3 is 1.50 bits per heavy atom. The summed E-state index contributed by atoms with van der Waals surface area (Å²) in [4.78, 5) is 33.7. The molecule has 1 aliphatic carbocycles. The topological polar surface area (TPSA) is 172 Å². The maximum absolute atomic E-state index is 12.6. The van der Waals surface area contributed by atoms with E-state index in [1.807, 2.05) is 12.1 Å². The van der Waals surface area contributed by atoms with Crippen LogP contribution in [0.15, 0.2) is 60.9 Å². The van der Waals surface area contributed by atoms with Gasteiger partial charge in [0.25, 0.3) is 0 Å². The van der Waals surface area contributed by atoms with Crippen molar-refractivity contribution in [1.29, 1.82) is 0 Å². The van der Waals surface area contributed by atoms with Crippen LogP contribution in [0.2, 0.25) is 0 Å². The lowest BCUT2D eigenvalue weighted by Crippen LogP contribution is -2.19. The number of anilines is 2. The second-order valence-electron chi connectivity index (χ2n) is 11.4. The Hall–Kier alpha value is -5.08. The molecule has 0 bridgehead atoms. The molecule has 0 aromatic carbocycles. The van der Waals surface area contributed by atoms with Gasteiger partial charge >= 0.3 is 0 Å². The quantitative estimate of drug-likeness (QED) is 0.167. The lowest BCUT2D eigenvalue weighted by molar-refractivity contribution is -0.116. The Labute approximate surface area is 279 Å². The van der Waals surface area contributed by atoms with Gasteiger partial charge in [0, 0.05) is 37.4 Å². The number of pyridine rings is 2. The van der Waals surface area contributed by atoms with E-state index in [1.54, 1.807) is 63.0 Å². The van der Waals surface area contributed by atoms with E-state index < -0.39 is 0 Å². The molecule has 4 heterocycles. The Balaban J connectivity index is 1.07. The Morgan fingerprint density at radius 2 is 1.12 bits per heavy atom. The summed E-state index contributed by atoms with van der Waals surface area (Å²) in [5.74, 6) is 1.96. The van der Waals surface area contributed by atoms with Crippen molar-refractivity contribution in [2.75, 3.05) is 51.3 Å². The zero-order chi connectivity index (χ0) is 33.6. The monoisotopic (exact) mass is 656 g/mol. The average molecular weight is 657 g/mol. The van der Waals surface area contributed by atoms with Crippen molar-refractivity contribution in [2.24, 2.45) is 0 Å². The maximum Gasteiger partial charge on any atom is 0.231 e. The molecule has 2 N–H and O–H groups in total. The van der Waals surface area contributed by atoms with E-state index in [4.69, 9.17) is 18.9 Å². The summed E-state index contributed by atoms with van der Waals surface area (Å²) in [6.45, 7) is 1.83. The zero-order valence-electron chi connectivity index (χ0n) is 27.1. The van der Waals surface area contributed by atoms with Crippen molar-refractivity contribution >= 4 is 23.5 Å². The summed E-state index contributed by atoms with van der Waals surface area (Å²) in [5, 5.41) is 23.0. The highest BCUT2D eigenvalue weighted by Gasteiger charge is 2.27. The molecule has 14 nitrogen and oxygen atoms in total. The van der Waals surface area contributed by atoms with Crippen LogP contribution in [0.4, 0.5) is 11.6 Å². The number of hydrogen-bond acceptors (Lipinski definition) is 12. The first-order valence-corrected chi connectivity index (χ1v) is 15.9. The van der Waals surface area contributed by atoms with Gasteiger partial charge in [0.2, 0.25) is 11.8 Å². The summed E-state index contributed by atoms with van der Waals surface area (Å²) in [7, 11) is 3.22. The van der Waals surface area contributed by atoms with Crippen molar-refractivity contribution in [3.63, 3.8) is 0 Å². The number of nitrogens with zero attached hydrogens (tertiary/aromatic N) is 6. The van der Waals surface area contributed by atoms with Crippen LogP contribution in [0.25, 0.3) is 0 Å². The first kappa shape index (κ1) is 34.3. The smallest absolute Gasteiger partial charge is 0.231 e. The second kappa shape index (κ2) is 17.7. The van der Waals surface area contributed by atoms with E-state index in [-0.39, 0.29) is 36.5 Å². The first-order chi connectivity index (χ1) is 23.5. The number of methoxy groups -OCH3 is 2. The number of nitrogens with one attached hydrogen (secondary N) is 2. The largest absolute Gasteiger partial charge is 0.490 e. The van der Waals surface area contributed by atoms with Crippen molar-refractivity contribution in [3.05, 3.63) is 83.7 Å². The summed E-state index contributed by atoms with van der Waals surface area (Å²) in [5.41, 5.74) is 2.99. The van der Waals surface area contributed by atoms with Crippen molar-refractivity contribution in [2.45, 2.75) is 50.4 Å². The van der Waals surface area contributed by atoms with Crippen LogP contribution in [0.5, 0.6) is 11.5 Å². The highest BCUT2D eigenvalue weighted by atomic mass is 16.5. The molecule has 0 radical (unpaired) electrons. The van der Waals surface area contributed by atoms with Crippen molar-refractivity contribution < 1.29 is 28.5 Å². The molecule has 4 aromatic heterocycles. The molecule has 0 aliphatic heterocycles. The Bertz CT molecular complexity index is 1470. The van der Waals surface area contributed by atoms with Gasteiger partial charge in [-0.25, -0.2) is 0 Å². The molecule has 1 aliphatic rings. The number of rotatable bonds is 16. The van der Waals surface area contributed by atoms with Gasteiger partial charge in [-0.05, 0) is 67.8 Å². The standard InChI is InChI=1S/C34H40N8O6/c1-45-14-16-47-27-8-6-25(35-21-27)19-33(43)37-31-12-10-29(39-41-31)23-4-3-5-24(18-23)30-11-13-32(42-40-30)38-34(44)20-26-7-9-28(22-36-26)48-17-15-46-2/h6-13,21-24H,3-5,14-20H2,1-2H3,(H,37,41,43)(H,38,42,44)/t23-,24-/m0/s1. The number of aromatic nitrogens is 6. The van der Waals surface area contributed by atoms with Crippen molar-refractivity contribution in [3.8, 4) is 11.5 Å². The molecular weight excluding hydrogens is 616 g/mol. The molecule has 1 saturated carbocycles. The Morgan fingerprint density at radius 1 is 0.646 bits per heavy atom. The van der Waals surface area contributed by atoms with E-state index in [2.05, 4.69) is 41.0 Å². The zero-order valence-corrected chi connectivity index (χ0v) is 27.1. The van der Waals surface area contributed by atoms with Gasteiger partial charge in [-0.15, -0.1) is 10.2 Å². The van der Waals surface area contributed by atoms with Crippen LogP contribution >= 0.6 is 0 Å². The SMILES string of the molecule is COCCOc1ccc(CC(=O)Nc2ccc([C@H]3CCC[C@H](c4ccc(NC(=O)Cc5ccc(OCCOC)cn5)nn4)C3)nn2)nc1. The fourth-order valence-electron chi connectivity index (χ4n) is 5.37. The van der Waals surface area contributed by atoms with Crippen LogP contribution < -0.4 is 20.1 Å². The van der Waals surface area contributed by atoms with Crippen LogP contribution in [0, 0.1) is 0 Å². The molecule has 48 heavy (non-hydrogen) atoms. The van der Waals surface area contributed by atoms with Gasteiger partial charge in [-0.2, -0.15) is 10.2 Å². The third-order valence-corrected chi connectivity index (χ3v) is 7.81. The van der Waals surface area contributed by atoms with E-state index in [1.165, 1.54) is 0 Å². The Kier molecular flexibility index (Phi) is 12.7. The maximum atomic E-state index is 12.6. The second-order valence-corrected chi connectivity index (χ2v) is 11.4. The summed E-state index contributed by atoms with van der Waals surface area (Å²) in [6.07, 6.45) is 7.23. The molecule has 2 atom stereocenters. The predicted octanol–water partition coefficient (Wildman–Crippen LogP) is 3.91. The molecule has 2 amide bonds.